The fourth-order valence-electron chi connectivity index (χ4n) is 4.49. The van der Waals surface area contributed by atoms with Crippen LogP contribution in [0, 0.1) is 5.41 Å². The summed E-state index contributed by atoms with van der Waals surface area (Å²) < 4.78 is 46.0. The fourth-order valence-corrected chi connectivity index (χ4v) is 4.49. The Kier molecular flexibility index (Phi) is 7.99. The van der Waals surface area contributed by atoms with Gasteiger partial charge >= 0.3 is 6.18 Å². The molecular formula is C30H28F3N3O4. The number of ether oxygens (including phenoxy) is 1. The molecule has 2 atom stereocenters. The van der Waals surface area contributed by atoms with E-state index in [1.165, 1.54) is 32.2 Å². The second kappa shape index (κ2) is 11.3. The smallest absolute Gasteiger partial charge is 0.416 e. The van der Waals surface area contributed by atoms with Crippen molar-refractivity contribution in [1.29, 1.82) is 0 Å². The van der Waals surface area contributed by atoms with Crippen LogP contribution in [0.25, 0.3) is 0 Å². The Morgan fingerprint density at radius 3 is 2.25 bits per heavy atom. The van der Waals surface area contributed by atoms with E-state index in [1.807, 2.05) is 30.3 Å². The Bertz CT molecular complexity index is 1440. The van der Waals surface area contributed by atoms with Gasteiger partial charge in [0.1, 0.15) is 17.1 Å². The standard InChI is InChI=1S/C30H28F3N3O4/c1-19-29(2,28(39)34-3)17-25(27(38)36(19)22-9-7-8-21(16-22)30(31,32)33)26(37)35-18-20-12-14-24(15-13-20)40-23-10-5-4-6-11-23/h4-17,19H,18H2,1-3H3,(H,34,39)(H,35,37). The summed E-state index contributed by atoms with van der Waals surface area (Å²) in [4.78, 5) is 40.7. The van der Waals surface area contributed by atoms with Crippen LogP contribution in [0.15, 0.2) is 90.5 Å². The zero-order chi connectivity index (χ0) is 29.1. The molecule has 0 radical (unpaired) electrons. The van der Waals surface area contributed by atoms with Gasteiger partial charge in [0, 0.05) is 19.3 Å². The van der Waals surface area contributed by atoms with Gasteiger partial charge in [-0.15, -0.1) is 0 Å². The van der Waals surface area contributed by atoms with Gasteiger partial charge in [0.05, 0.1) is 17.0 Å². The lowest BCUT2D eigenvalue weighted by Gasteiger charge is -2.43. The van der Waals surface area contributed by atoms with Crippen LogP contribution in [0.2, 0.25) is 0 Å². The Balaban J connectivity index is 1.57. The molecule has 0 saturated carbocycles. The Morgan fingerprint density at radius 1 is 0.975 bits per heavy atom. The predicted molar refractivity (Wildman–Crippen MR) is 143 cm³/mol. The van der Waals surface area contributed by atoms with Crippen LogP contribution in [-0.2, 0) is 27.1 Å². The van der Waals surface area contributed by atoms with Crippen molar-refractivity contribution in [3.8, 4) is 11.5 Å². The van der Waals surface area contributed by atoms with Gasteiger partial charge in [0.2, 0.25) is 5.91 Å². The number of alkyl halides is 3. The Morgan fingerprint density at radius 2 is 1.62 bits per heavy atom. The highest BCUT2D eigenvalue weighted by Crippen LogP contribution is 2.39. The average molecular weight is 552 g/mol. The molecule has 3 amide bonds. The molecule has 4 rings (SSSR count). The lowest BCUT2D eigenvalue weighted by atomic mass is 9.76. The lowest BCUT2D eigenvalue weighted by molar-refractivity contribution is -0.138. The topological polar surface area (TPSA) is 87.7 Å². The van der Waals surface area contributed by atoms with Crippen LogP contribution < -0.4 is 20.3 Å². The summed E-state index contributed by atoms with van der Waals surface area (Å²) >= 11 is 0. The van der Waals surface area contributed by atoms with E-state index in [1.54, 1.807) is 31.2 Å². The molecule has 0 saturated heterocycles. The van der Waals surface area contributed by atoms with Crippen molar-refractivity contribution in [1.82, 2.24) is 10.6 Å². The number of hydrogen-bond donors (Lipinski definition) is 2. The second-order valence-electron chi connectivity index (χ2n) is 9.56. The third kappa shape index (κ3) is 5.85. The maximum Gasteiger partial charge on any atom is 0.416 e. The van der Waals surface area contributed by atoms with Crippen molar-refractivity contribution < 1.29 is 32.3 Å². The second-order valence-corrected chi connectivity index (χ2v) is 9.56. The summed E-state index contributed by atoms with van der Waals surface area (Å²) in [5.74, 6) is -0.793. The number of hydrogen-bond acceptors (Lipinski definition) is 4. The van der Waals surface area contributed by atoms with Gasteiger partial charge < -0.3 is 20.3 Å². The van der Waals surface area contributed by atoms with Crippen LogP contribution in [0.4, 0.5) is 18.9 Å². The van der Waals surface area contributed by atoms with E-state index in [4.69, 9.17) is 4.74 Å². The van der Waals surface area contributed by atoms with E-state index >= 15 is 0 Å². The number of nitrogens with one attached hydrogen (secondary N) is 2. The van der Waals surface area contributed by atoms with Crippen LogP contribution in [-0.4, -0.2) is 30.8 Å². The van der Waals surface area contributed by atoms with Crippen molar-refractivity contribution in [2.24, 2.45) is 5.41 Å². The third-order valence-corrected chi connectivity index (χ3v) is 6.92. The van der Waals surface area contributed by atoms with E-state index in [9.17, 15) is 27.6 Å². The molecule has 1 aliphatic heterocycles. The molecule has 10 heteroatoms. The molecule has 0 fully saturated rings. The average Bonchev–Trinajstić information content (AvgIpc) is 2.94. The molecular weight excluding hydrogens is 523 g/mol. The molecule has 208 valence electrons. The van der Waals surface area contributed by atoms with Crippen LogP contribution >= 0.6 is 0 Å². The van der Waals surface area contributed by atoms with Crippen molar-refractivity contribution in [3.05, 3.63) is 102 Å². The van der Waals surface area contributed by atoms with E-state index in [0.717, 1.165) is 22.6 Å². The number of halogens is 3. The quantitative estimate of drug-likeness (QED) is 0.394. The molecule has 40 heavy (non-hydrogen) atoms. The van der Waals surface area contributed by atoms with Gasteiger partial charge in [-0.3, -0.25) is 14.4 Å². The zero-order valence-corrected chi connectivity index (χ0v) is 22.1. The molecule has 0 bridgehead atoms. The van der Waals surface area contributed by atoms with Crippen molar-refractivity contribution >= 4 is 23.4 Å². The molecule has 3 aromatic rings. The van der Waals surface area contributed by atoms with Gasteiger partial charge in [0.25, 0.3) is 11.8 Å². The van der Waals surface area contributed by atoms with Gasteiger partial charge in [0.15, 0.2) is 0 Å². The molecule has 2 unspecified atom stereocenters. The number of rotatable bonds is 7. The maximum atomic E-state index is 13.5. The first-order valence-electron chi connectivity index (χ1n) is 12.5. The minimum absolute atomic E-state index is 0.0604. The van der Waals surface area contributed by atoms with Gasteiger partial charge in [-0.25, -0.2) is 0 Å². The summed E-state index contributed by atoms with van der Waals surface area (Å²) in [6, 6.07) is 19.5. The Hall–Kier alpha value is -4.60. The lowest BCUT2D eigenvalue weighted by Crippen LogP contribution is -2.58. The monoisotopic (exact) mass is 551 g/mol. The molecule has 1 aliphatic rings. The number of anilines is 1. The van der Waals surface area contributed by atoms with E-state index < -0.39 is 40.9 Å². The van der Waals surface area contributed by atoms with E-state index in [0.29, 0.717) is 11.5 Å². The molecule has 7 nitrogen and oxygen atoms in total. The van der Waals surface area contributed by atoms with Crippen LogP contribution in [0.3, 0.4) is 0 Å². The number of carbonyl (C=O) groups excluding carboxylic acids is 3. The number of amides is 3. The highest BCUT2D eigenvalue weighted by atomic mass is 19.4. The highest BCUT2D eigenvalue weighted by Gasteiger charge is 2.48. The largest absolute Gasteiger partial charge is 0.457 e. The van der Waals surface area contributed by atoms with Crippen LogP contribution in [0.5, 0.6) is 11.5 Å². The minimum Gasteiger partial charge on any atom is -0.457 e. The number of nitrogens with zero attached hydrogens (tertiary/aromatic N) is 1. The minimum atomic E-state index is -4.64. The molecule has 0 aromatic heterocycles. The van der Waals surface area contributed by atoms with E-state index in [2.05, 4.69) is 10.6 Å². The van der Waals surface area contributed by atoms with Crippen molar-refractivity contribution in [2.45, 2.75) is 32.6 Å². The van der Waals surface area contributed by atoms with E-state index in [-0.39, 0.29) is 17.8 Å². The summed E-state index contributed by atoms with van der Waals surface area (Å²) in [6.45, 7) is 3.14. The van der Waals surface area contributed by atoms with Crippen LogP contribution in [0.1, 0.15) is 25.0 Å². The summed E-state index contributed by atoms with van der Waals surface area (Å²) in [7, 11) is 1.41. The zero-order valence-electron chi connectivity index (χ0n) is 22.1. The molecule has 1 heterocycles. The normalized spacial score (nSPS) is 19.1. The molecule has 3 aromatic carbocycles. The molecule has 2 N–H and O–H groups in total. The molecule has 0 aliphatic carbocycles. The Labute approximate surface area is 229 Å². The summed E-state index contributed by atoms with van der Waals surface area (Å²) in [5.41, 5.74) is -2.05. The fraction of sp³-hybridized carbons (Fsp3) is 0.233. The first-order valence-corrected chi connectivity index (χ1v) is 12.5. The number of benzene rings is 3. The van der Waals surface area contributed by atoms with Gasteiger partial charge in [-0.2, -0.15) is 13.2 Å². The SMILES string of the molecule is CNC(=O)C1(C)C=C(C(=O)NCc2ccc(Oc3ccccc3)cc2)C(=O)N(c2cccc(C(F)(F)F)c2)C1C. The highest BCUT2D eigenvalue weighted by molar-refractivity contribution is 6.25. The predicted octanol–water partition coefficient (Wildman–Crippen LogP) is 5.23. The third-order valence-electron chi connectivity index (χ3n) is 6.92. The number of para-hydroxylation sites is 1. The summed E-state index contributed by atoms with van der Waals surface area (Å²) in [5, 5.41) is 5.20. The molecule has 0 spiro atoms. The first-order chi connectivity index (χ1) is 18.9. The summed E-state index contributed by atoms with van der Waals surface area (Å²) in [6.07, 6.45) is -3.35. The number of carbonyl (C=O) groups is 3. The van der Waals surface area contributed by atoms with Gasteiger partial charge in [-0.05, 0) is 68.0 Å². The maximum absolute atomic E-state index is 13.5. The van der Waals surface area contributed by atoms with Crippen molar-refractivity contribution in [2.75, 3.05) is 11.9 Å². The first kappa shape index (κ1) is 28.4. The van der Waals surface area contributed by atoms with Gasteiger partial charge in [-0.1, -0.05) is 36.4 Å². The van der Waals surface area contributed by atoms with Crippen molar-refractivity contribution in [3.63, 3.8) is 0 Å².